The summed E-state index contributed by atoms with van der Waals surface area (Å²) in [5.74, 6) is 6.24. The zero-order valence-corrected chi connectivity index (χ0v) is 15.1. The van der Waals surface area contributed by atoms with E-state index in [-0.39, 0.29) is 6.61 Å². The molecule has 0 unspecified atom stereocenters. The Balaban J connectivity index is 1.56. The Bertz CT molecular complexity index is 1030. The van der Waals surface area contributed by atoms with E-state index in [9.17, 15) is 0 Å². The molecule has 4 aromatic heterocycles. The van der Waals surface area contributed by atoms with Crippen molar-refractivity contribution >= 4 is 33.2 Å². The molecule has 0 aliphatic rings. The Morgan fingerprint density at radius 1 is 1.22 bits per heavy atom. The number of hydrogen-bond acceptors (Lipinski definition) is 9. The van der Waals surface area contributed by atoms with Crippen LogP contribution in [0.2, 0.25) is 0 Å². The average molecular weight is 382 g/mol. The molecule has 0 saturated carbocycles. The lowest BCUT2D eigenvalue weighted by atomic mass is 10.2. The molecule has 9 nitrogen and oxygen atoms in total. The van der Waals surface area contributed by atoms with Gasteiger partial charge in [0.25, 0.3) is 0 Å². The van der Waals surface area contributed by atoms with Gasteiger partial charge in [-0.3, -0.25) is 10.5 Å². The highest BCUT2D eigenvalue weighted by Crippen LogP contribution is 2.26. The molecule has 0 aliphatic carbocycles. The summed E-state index contributed by atoms with van der Waals surface area (Å²) in [7, 11) is 0. The van der Waals surface area contributed by atoms with E-state index in [1.165, 1.54) is 11.3 Å². The molecule has 138 valence electrons. The topological polar surface area (TPSA) is 127 Å². The van der Waals surface area contributed by atoms with Gasteiger partial charge in [0.15, 0.2) is 5.82 Å². The summed E-state index contributed by atoms with van der Waals surface area (Å²) in [5, 5.41) is 17.4. The lowest BCUT2D eigenvalue weighted by Crippen LogP contribution is -2.11. The van der Waals surface area contributed by atoms with Crippen molar-refractivity contribution in [3.05, 3.63) is 47.9 Å². The second-order valence-corrected chi connectivity index (χ2v) is 6.80. The zero-order chi connectivity index (χ0) is 18.6. The third-order valence-electron chi connectivity index (χ3n) is 3.93. The van der Waals surface area contributed by atoms with Gasteiger partial charge in [-0.25, -0.2) is 15.0 Å². The zero-order valence-electron chi connectivity index (χ0n) is 14.3. The molecule has 0 spiro atoms. The Kier molecular flexibility index (Phi) is 4.92. The first-order valence-corrected chi connectivity index (χ1v) is 9.14. The number of thiazole rings is 1. The summed E-state index contributed by atoms with van der Waals surface area (Å²) in [6.07, 6.45) is 5.32. The lowest BCUT2D eigenvalue weighted by molar-refractivity contribution is 0.269. The van der Waals surface area contributed by atoms with Crippen molar-refractivity contribution < 1.29 is 5.11 Å². The van der Waals surface area contributed by atoms with Crippen LogP contribution in [0.15, 0.2) is 42.9 Å². The SMILES string of the molecule is NNc1ccc(-c2cnn(CCO)c2)nc1NCc1nc2cccnc2s1. The number of hydrazine groups is 1. The maximum absolute atomic E-state index is 9.02. The van der Waals surface area contributed by atoms with Gasteiger partial charge in [0.2, 0.25) is 0 Å². The molecule has 0 bridgehead atoms. The van der Waals surface area contributed by atoms with Crippen molar-refractivity contribution in [2.75, 3.05) is 17.3 Å². The second-order valence-electron chi connectivity index (χ2n) is 5.74. The number of rotatable bonds is 7. The van der Waals surface area contributed by atoms with E-state index < -0.39 is 0 Å². The monoisotopic (exact) mass is 382 g/mol. The molecule has 0 amide bonds. The maximum atomic E-state index is 9.02. The number of nitrogens with one attached hydrogen (secondary N) is 2. The lowest BCUT2D eigenvalue weighted by Gasteiger charge is -2.11. The number of nitrogen functional groups attached to an aromatic ring is 1. The Hall–Kier alpha value is -3.08. The summed E-state index contributed by atoms with van der Waals surface area (Å²) in [5.41, 5.74) is 5.84. The molecule has 0 aromatic carbocycles. The fourth-order valence-corrected chi connectivity index (χ4v) is 3.48. The minimum atomic E-state index is 0.0361. The highest BCUT2D eigenvalue weighted by molar-refractivity contribution is 7.18. The first kappa shape index (κ1) is 17.3. The van der Waals surface area contributed by atoms with Crippen molar-refractivity contribution in [3.63, 3.8) is 0 Å². The number of nitrogens with zero attached hydrogens (tertiary/aromatic N) is 5. The first-order valence-electron chi connectivity index (χ1n) is 8.32. The number of hydrogen-bond donors (Lipinski definition) is 4. The van der Waals surface area contributed by atoms with Gasteiger partial charge in [0, 0.05) is 18.0 Å². The van der Waals surface area contributed by atoms with E-state index in [4.69, 9.17) is 10.9 Å². The van der Waals surface area contributed by atoms with Crippen LogP contribution in [-0.4, -0.2) is 36.4 Å². The minimum absolute atomic E-state index is 0.0361. The van der Waals surface area contributed by atoms with E-state index in [0.717, 1.165) is 26.6 Å². The van der Waals surface area contributed by atoms with Gasteiger partial charge in [0.1, 0.15) is 15.4 Å². The van der Waals surface area contributed by atoms with E-state index in [1.807, 2.05) is 30.5 Å². The van der Waals surface area contributed by atoms with Crippen molar-refractivity contribution in [1.82, 2.24) is 24.7 Å². The van der Waals surface area contributed by atoms with Crippen LogP contribution in [0.4, 0.5) is 11.5 Å². The van der Waals surface area contributed by atoms with Crippen LogP contribution in [0.25, 0.3) is 21.6 Å². The summed E-state index contributed by atoms with van der Waals surface area (Å²) >= 11 is 1.54. The first-order chi connectivity index (χ1) is 13.3. The van der Waals surface area contributed by atoms with Crippen molar-refractivity contribution in [2.24, 2.45) is 5.84 Å². The molecule has 0 saturated heterocycles. The summed E-state index contributed by atoms with van der Waals surface area (Å²) < 4.78 is 1.67. The van der Waals surface area contributed by atoms with Gasteiger partial charge >= 0.3 is 0 Å². The third kappa shape index (κ3) is 3.72. The number of anilines is 2. The Morgan fingerprint density at radius 2 is 2.15 bits per heavy atom. The third-order valence-corrected chi connectivity index (χ3v) is 4.91. The van der Waals surface area contributed by atoms with E-state index >= 15 is 0 Å². The van der Waals surface area contributed by atoms with Gasteiger partial charge < -0.3 is 15.8 Å². The van der Waals surface area contributed by atoms with Crippen LogP contribution in [0.3, 0.4) is 0 Å². The number of aliphatic hydroxyl groups is 1. The minimum Gasteiger partial charge on any atom is -0.394 e. The molecular formula is C17H18N8OS. The molecule has 4 heterocycles. The van der Waals surface area contributed by atoms with Crippen LogP contribution < -0.4 is 16.6 Å². The molecule has 27 heavy (non-hydrogen) atoms. The van der Waals surface area contributed by atoms with Crippen LogP contribution in [-0.2, 0) is 13.1 Å². The number of pyridine rings is 2. The van der Waals surface area contributed by atoms with Gasteiger partial charge in [0.05, 0.1) is 37.3 Å². The van der Waals surface area contributed by atoms with Crippen molar-refractivity contribution in [3.8, 4) is 11.3 Å². The Labute approximate surface area is 158 Å². The molecule has 0 fully saturated rings. The quantitative estimate of drug-likeness (QED) is 0.282. The number of fused-ring (bicyclic) bond motifs is 1. The summed E-state index contributed by atoms with van der Waals surface area (Å²) in [6.45, 7) is 0.990. The Morgan fingerprint density at radius 3 is 2.96 bits per heavy atom. The smallest absolute Gasteiger partial charge is 0.151 e. The standard InChI is InChI=1S/C17H18N8OS/c18-24-13-4-3-12(11-8-21-25(10-11)6-7-26)23-16(13)20-9-15-22-14-2-1-5-19-17(14)27-15/h1-5,8,10,24,26H,6-7,9,18H2,(H,20,23). The van der Waals surface area contributed by atoms with E-state index in [1.54, 1.807) is 17.1 Å². The molecule has 4 rings (SSSR count). The number of aliphatic hydroxyl groups excluding tert-OH is 1. The average Bonchev–Trinajstić information content (AvgIpc) is 3.33. The van der Waals surface area contributed by atoms with Crippen LogP contribution in [0.1, 0.15) is 5.01 Å². The largest absolute Gasteiger partial charge is 0.394 e. The number of nitrogens with two attached hydrogens (primary N) is 1. The normalized spacial score (nSPS) is 11.0. The van der Waals surface area contributed by atoms with Gasteiger partial charge in [-0.2, -0.15) is 5.10 Å². The highest BCUT2D eigenvalue weighted by Gasteiger charge is 2.10. The fourth-order valence-electron chi connectivity index (χ4n) is 2.64. The molecule has 5 N–H and O–H groups in total. The van der Waals surface area contributed by atoms with Crippen LogP contribution in [0.5, 0.6) is 0 Å². The van der Waals surface area contributed by atoms with Gasteiger partial charge in [-0.05, 0) is 24.3 Å². The molecule has 0 aliphatic heterocycles. The molecule has 0 radical (unpaired) electrons. The molecule has 4 aromatic rings. The predicted octanol–water partition coefficient (Wildman–Crippen LogP) is 1.84. The second kappa shape index (κ2) is 7.66. The van der Waals surface area contributed by atoms with Crippen LogP contribution in [0, 0.1) is 0 Å². The fraction of sp³-hybridized carbons (Fsp3) is 0.176. The highest BCUT2D eigenvalue weighted by atomic mass is 32.1. The summed E-state index contributed by atoms with van der Waals surface area (Å²) in [6, 6.07) is 7.53. The molecule has 0 atom stereocenters. The van der Waals surface area contributed by atoms with Gasteiger partial charge in [-0.15, -0.1) is 0 Å². The molecule has 10 heteroatoms. The van der Waals surface area contributed by atoms with Crippen LogP contribution >= 0.6 is 11.3 Å². The maximum Gasteiger partial charge on any atom is 0.151 e. The van der Waals surface area contributed by atoms with E-state index in [0.29, 0.717) is 24.6 Å². The van der Waals surface area contributed by atoms with Crippen molar-refractivity contribution in [2.45, 2.75) is 13.1 Å². The molecular weight excluding hydrogens is 364 g/mol. The number of aromatic nitrogens is 5. The predicted molar refractivity (Wildman–Crippen MR) is 105 cm³/mol. The van der Waals surface area contributed by atoms with Crippen molar-refractivity contribution in [1.29, 1.82) is 0 Å². The summed E-state index contributed by atoms with van der Waals surface area (Å²) in [4.78, 5) is 14.4. The van der Waals surface area contributed by atoms with Gasteiger partial charge in [-0.1, -0.05) is 11.3 Å². The van der Waals surface area contributed by atoms with E-state index in [2.05, 4.69) is 30.8 Å².